The van der Waals surface area contributed by atoms with Crippen molar-refractivity contribution in [3.05, 3.63) is 29.8 Å². The molecular formula is C14H18N2. The Hall–Kier alpha value is -1.49. The smallest absolute Gasteiger partial charge is 0.101 e. The molecule has 0 bridgehead atoms. The van der Waals surface area contributed by atoms with Crippen LogP contribution in [0.4, 0.5) is 5.69 Å². The van der Waals surface area contributed by atoms with Gasteiger partial charge in [0.05, 0.1) is 11.3 Å². The van der Waals surface area contributed by atoms with Crippen LogP contribution in [-0.4, -0.2) is 13.1 Å². The minimum Gasteiger partial charge on any atom is -0.370 e. The molecule has 1 aliphatic rings. The first-order valence-electron chi connectivity index (χ1n) is 6.05. The number of para-hydroxylation sites is 1. The van der Waals surface area contributed by atoms with Gasteiger partial charge in [-0.1, -0.05) is 19.1 Å². The molecule has 1 heterocycles. The van der Waals surface area contributed by atoms with Gasteiger partial charge in [0.25, 0.3) is 0 Å². The number of nitriles is 1. The maximum Gasteiger partial charge on any atom is 0.101 e. The zero-order valence-corrected chi connectivity index (χ0v) is 9.82. The first-order valence-corrected chi connectivity index (χ1v) is 6.05. The highest BCUT2D eigenvalue weighted by atomic mass is 15.1. The summed E-state index contributed by atoms with van der Waals surface area (Å²) in [5.41, 5.74) is 1.91. The summed E-state index contributed by atoms with van der Waals surface area (Å²) < 4.78 is 0. The highest BCUT2D eigenvalue weighted by Gasteiger charge is 2.15. The van der Waals surface area contributed by atoms with Crippen LogP contribution in [0.2, 0.25) is 0 Å². The van der Waals surface area contributed by atoms with Gasteiger partial charge < -0.3 is 4.90 Å². The maximum atomic E-state index is 9.09. The summed E-state index contributed by atoms with van der Waals surface area (Å²) in [7, 11) is 0. The average molecular weight is 214 g/mol. The standard InChI is InChI=1S/C14H18N2/c1-12-5-4-9-16(10-8-12)14-7-3-2-6-13(14)11-15/h2-3,6-7,12H,4-5,8-10H2,1H3. The van der Waals surface area contributed by atoms with Crippen LogP contribution in [0.1, 0.15) is 31.7 Å². The molecule has 0 saturated carbocycles. The number of hydrogen-bond acceptors (Lipinski definition) is 2. The van der Waals surface area contributed by atoms with E-state index in [0.717, 1.165) is 30.3 Å². The summed E-state index contributed by atoms with van der Waals surface area (Å²) in [5.74, 6) is 0.819. The molecule has 0 aromatic heterocycles. The Kier molecular flexibility index (Phi) is 3.46. The van der Waals surface area contributed by atoms with E-state index in [1.807, 2.05) is 18.2 Å². The fourth-order valence-corrected chi connectivity index (χ4v) is 2.35. The molecule has 1 aromatic rings. The van der Waals surface area contributed by atoms with E-state index in [-0.39, 0.29) is 0 Å². The molecule has 0 amide bonds. The number of anilines is 1. The monoisotopic (exact) mass is 214 g/mol. The van der Waals surface area contributed by atoms with Crippen molar-refractivity contribution in [3.63, 3.8) is 0 Å². The Morgan fingerprint density at radius 1 is 1.25 bits per heavy atom. The average Bonchev–Trinajstić information content (AvgIpc) is 2.54. The van der Waals surface area contributed by atoms with Crippen LogP contribution in [0, 0.1) is 17.2 Å². The second-order valence-corrected chi connectivity index (χ2v) is 4.65. The molecular weight excluding hydrogens is 196 g/mol. The number of nitrogens with zero attached hydrogens (tertiary/aromatic N) is 2. The van der Waals surface area contributed by atoms with E-state index in [4.69, 9.17) is 5.26 Å². The van der Waals surface area contributed by atoms with E-state index in [1.54, 1.807) is 0 Å². The van der Waals surface area contributed by atoms with Crippen LogP contribution in [-0.2, 0) is 0 Å². The minimum atomic E-state index is 0.803. The lowest BCUT2D eigenvalue weighted by Crippen LogP contribution is -2.24. The van der Waals surface area contributed by atoms with Gasteiger partial charge in [-0.25, -0.2) is 0 Å². The first-order chi connectivity index (χ1) is 7.81. The SMILES string of the molecule is CC1CCCN(c2ccccc2C#N)CC1. The van der Waals surface area contributed by atoms with Crippen molar-refractivity contribution in [2.45, 2.75) is 26.2 Å². The van der Waals surface area contributed by atoms with Crippen LogP contribution in [0.5, 0.6) is 0 Å². The second-order valence-electron chi connectivity index (χ2n) is 4.65. The fourth-order valence-electron chi connectivity index (χ4n) is 2.35. The van der Waals surface area contributed by atoms with Gasteiger partial charge in [0.2, 0.25) is 0 Å². The summed E-state index contributed by atoms with van der Waals surface area (Å²) in [6, 6.07) is 10.2. The molecule has 1 atom stereocenters. The Balaban J connectivity index is 2.20. The van der Waals surface area contributed by atoms with Crippen molar-refractivity contribution in [2.75, 3.05) is 18.0 Å². The predicted octanol–water partition coefficient (Wildman–Crippen LogP) is 3.18. The third-order valence-electron chi connectivity index (χ3n) is 3.38. The Bertz CT molecular complexity index is 392. The lowest BCUT2D eigenvalue weighted by molar-refractivity contribution is 0.521. The van der Waals surface area contributed by atoms with Gasteiger partial charge in [-0.3, -0.25) is 0 Å². The van der Waals surface area contributed by atoms with Crippen molar-refractivity contribution < 1.29 is 0 Å². The van der Waals surface area contributed by atoms with Crippen LogP contribution >= 0.6 is 0 Å². The second kappa shape index (κ2) is 5.03. The molecule has 84 valence electrons. The molecule has 0 radical (unpaired) electrons. The third kappa shape index (κ3) is 2.36. The number of benzene rings is 1. The molecule has 0 aliphatic carbocycles. The van der Waals surface area contributed by atoms with E-state index in [0.29, 0.717) is 0 Å². The zero-order valence-electron chi connectivity index (χ0n) is 9.82. The van der Waals surface area contributed by atoms with Crippen molar-refractivity contribution in [3.8, 4) is 6.07 Å². The zero-order chi connectivity index (χ0) is 11.4. The molecule has 0 N–H and O–H groups in total. The van der Waals surface area contributed by atoms with Gasteiger partial charge in [0.15, 0.2) is 0 Å². The molecule has 2 nitrogen and oxygen atoms in total. The Morgan fingerprint density at radius 3 is 2.88 bits per heavy atom. The molecule has 1 fully saturated rings. The quantitative estimate of drug-likeness (QED) is 0.718. The van der Waals surface area contributed by atoms with E-state index in [9.17, 15) is 0 Å². The van der Waals surface area contributed by atoms with Crippen molar-refractivity contribution in [1.82, 2.24) is 0 Å². The van der Waals surface area contributed by atoms with Gasteiger partial charge in [0, 0.05) is 13.1 Å². The van der Waals surface area contributed by atoms with Gasteiger partial charge in [-0.15, -0.1) is 0 Å². The van der Waals surface area contributed by atoms with Crippen LogP contribution in [0.15, 0.2) is 24.3 Å². The van der Waals surface area contributed by atoms with Gasteiger partial charge >= 0.3 is 0 Å². The van der Waals surface area contributed by atoms with Gasteiger partial charge in [0.1, 0.15) is 6.07 Å². The minimum absolute atomic E-state index is 0.803. The van der Waals surface area contributed by atoms with Crippen molar-refractivity contribution >= 4 is 5.69 Å². The Morgan fingerprint density at radius 2 is 2.06 bits per heavy atom. The lowest BCUT2D eigenvalue weighted by Gasteiger charge is -2.23. The molecule has 1 unspecified atom stereocenters. The van der Waals surface area contributed by atoms with E-state index in [2.05, 4.69) is 24.0 Å². The number of rotatable bonds is 1. The fraction of sp³-hybridized carbons (Fsp3) is 0.500. The molecule has 1 saturated heterocycles. The van der Waals surface area contributed by atoms with Crippen molar-refractivity contribution in [1.29, 1.82) is 5.26 Å². The molecule has 2 rings (SSSR count). The van der Waals surface area contributed by atoms with Crippen LogP contribution in [0.25, 0.3) is 0 Å². The van der Waals surface area contributed by atoms with E-state index < -0.39 is 0 Å². The summed E-state index contributed by atoms with van der Waals surface area (Å²) in [5, 5.41) is 9.09. The molecule has 0 spiro atoms. The Labute approximate surface area is 97.5 Å². The van der Waals surface area contributed by atoms with Gasteiger partial charge in [-0.2, -0.15) is 5.26 Å². The topological polar surface area (TPSA) is 27.0 Å². The largest absolute Gasteiger partial charge is 0.370 e. The summed E-state index contributed by atoms with van der Waals surface area (Å²) >= 11 is 0. The maximum absolute atomic E-state index is 9.09. The molecule has 2 heteroatoms. The highest BCUT2D eigenvalue weighted by Crippen LogP contribution is 2.24. The molecule has 1 aliphatic heterocycles. The summed E-state index contributed by atoms with van der Waals surface area (Å²) in [6.45, 7) is 4.49. The summed E-state index contributed by atoms with van der Waals surface area (Å²) in [6.07, 6.45) is 3.78. The third-order valence-corrected chi connectivity index (χ3v) is 3.38. The summed E-state index contributed by atoms with van der Waals surface area (Å²) in [4.78, 5) is 2.36. The lowest BCUT2D eigenvalue weighted by atomic mass is 10.0. The molecule has 1 aromatic carbocycles. The van der Waals surface area contributed by atoms with E-state index >= 15 is 0 Å². The van der Waals surface area contributed by atoms with Crippen molar-refractivity contribution in [2.24, 2.45) is 5.92 Å². The highest BCUT2D eigenvalue weighted by molar-refractivity contribution is 5.59. The van der Waals surface area contributed by atoms with Crippen LogP contribution in [0.3, 0.4) is 0 Å². The number of hydrogen-bond donors (Lipinski definition) is 0. The predicted molar refractivity (Wildman–Crippen MR) is 66.4 cm³/mol. The first kappa shape index (κ1) is 11.0. The van der Waals surface area contributed by atoms with Gasteiger partial charge in [-0.05, 0) is 37.3 Å². The van der Waals surface area contributed by atoms with E-state index in [1.165, 1.54) is 19.3 Å². The molecule has 16 heavy (non-hydrogen) atoms. The normalized spacial score (nSPS) is 21.2. The van der Waals surface area contributed by atoms with Crippen LogP contribution < -0.4 is 4.90 Å².